The van der Waals surface area contributed by atoms with Crippen LogP contribution in [-0.2, 0) is 0 Å². The number of rotatable bonds is 3. The normalized spacial score (nSPS) is 19.8. The van der Waals surface area contributed by atoms with Crippen molar-refractivity contribution in [2.75, 3.05) is 30.3 Å². The molecule has 0 aromatic carbocycles. The average Bonchev–Trinajstić information content (AvgIpc) is 2.38. The first kappa shape index (κ1) is 12.6. The number of pyridine rings is 1. The minimum atomic E-state index is -1.03. The van der Waals surface area contributed by atoms with Crippen LogP contribution in [0.1, 0.15) is 23.2 Å². The standard InChI is InChI=1S/C12H17N3O3/c13-10-4-9(12(17)18)5-14-11(10)15-3-1-2-8(6-15)7-16/h4-5,8,16H,1-3,6-7,13H2,(H,17,18). The molecule has 1 aliphatic heterocycles. The van der Waals surface area contributed by atoms with Gasteiger partial charge in [0.25, 0.3) is 0 Å². The maximum atomic E-state index is 10.8. The summed E-state index contributed by atoms with van der Waals surface area (Å²) in [5.41, 5.74) is 6.31. The van der Waals surface area contributed by atoms with E-state index < -0.39 is 5.97 Å². The summed E-state index contributed by atoms with van der Waals surface area (Å²) in [6, 6.07) is 1.42. The number of aromatic nitrogens is 1. The quantitative estimate of drug-likeness (QED) is 0.726. The fraction of sp³-hybridized carbons (Fsp3) is 0.500. The lowest BCUT2D eigenvalue weighted by Gasteiger charge is -2.33. The SMILES string of the molecule is Nc1cc(C(=O)O)cnc1N1CCCC(CO)C1. The molecule has 1 unspecified atom stereocenters. The summed E-state index contributed by atoms with van der Waals surface area (Å²) in [7, 11) is 0. The second kappa shape index (κ2) is 5.22. The average molecular weight is 251 g/mol. The lowest BCUT2D eigenvalue weighted by atomic mass is 9.99. The van der Waals surface area contributed by atoms with Gasteiger partial charge in [-0.1, -0.05) is 0 Å². The number of aromatic carboxylic acids is 1. The Morgan fingerprint density at radius 2 is 2.39 bits per heavy atom. The zero-order valence-corrected chi connectivity index (χ0v) is 10.0. The smallest absolute Gasteiger partial charge is 0.337 e. The van der Waals surface area contributed by atoms with Crippen molar-refractivity contribution in [3.8, 4) is 0 Å². The lowest BCUT2D eigenvalue weighted by molar-refractivity contribution is 0.0696. The highest BCUT2D eigenvalue weighted by Crippen LogP contribution is 2.26. The van der Waals surface area contributed by atoms with Crippen molar-refractivity contribution in [2.45, 2.75) is 12.8 Å². The number of hydrogen-bond acceptors (Lipinski definition) is 5. The second-order valence-corrected chi connectivity index (χ2v) is 4.58. The van der Waals surface area contributed by atoms with Crippen molar-refractivity contribution in [3.05, 3.63) is 17.8 Å². The number of nitrogens with two attached hydrogens (primary N) is 1. The van der Waals surface area contributed by atoms with Crippen LogP contribution in [0.2, 0.25) is 0 Å². The van der Waals surface area contributed by atoms with Gasteiger partial charge in [-0.3, -0.25) is 0 Å². The monoisotopic (exact) mass is 251 g/mol. The first-order chi connectivity index (χ1) is 8.61. The first-order valence-corrected chi connectivity index (χ1v) is 5.96. The number of carboxylic acids is 1. The zero-order valence-electron chi connectivity index (χ0n) is 10.0. The molecule has 0 amide bonds. The lowest BCUT2D eigenvalue weighted by Crippen LogP contribution is -2.37. The molecule has 6 nitrogen and oxygen atoms in total. The molecular formula is C12H17N3O3. The van der Waals surface area contributed by atoms with E-state index in [4.69, 9.17) is 10.8 Å². The summed E-state index contributed by atoms with van der Waals surface area (Å²) < 4.78 is 0. The van der Waals surface area contributed by atoms with Crippen LogP contribution in [0.15, 0.2) is 12.3 Å². The third-order valence-electron chi connectivity index (χ3n) is 3.22. The van der Waals surface area contributed by atoms with Crippen LogP contribution in [0, 0.1) is 5.92 Å². The van der Waals surface area contributed by atoms with Gasteiger partial charge in [0, 0.05) is 25.9 Å². The molecule has 1 fully saturated rings. The van der Waals surface area contributed by atoms with Crippen LogP contribution in [0.3, 0.4) is 0 Å². The zero-order chi connectivity index (χ0) is 13.1. The summed E-state index contributed by atoms with van der Waals surface area (Å²) in [6.45, 7) is 1.70. The predicted octanol–water partition coefficient (Wildman–Crippen LogP) is 0.571. The fourth-order valence-corrected chi connectivity index (χ4v) is 2.26. The van der Waals surface area contributed by atoms with Gasteiger partial charge in [0.05, 0.1) is 11.3 Å². The Kier molecular flexibility index (Phi) is 3.66. The van der Waals surface area contributed by atoms with E-state index in [1.54, 1.807) is 0 Å². The van der Waals surface area contributed by atoms with Crippen molar-refractivity contribution in [1.29, 1.82) is 0 Å². The molecule has 0 bridgehead atoms. The fourth-order valence-electron chi connectivity index (χ4n) is 2.26. The second-order valence-electron chi connectivity index (χ2n) is 4.58. The molecule has 1 atom stereocenters. The summed E-state index contributed by atoms with van der Waals surface area (Å²) in [5, 5.41) is 18.0. The molecule has 0 spiro atoms. The minimum Gasteiger partial charge on any atom is -0.478 e. The number of nitrogens with zero attached hydrogens (tertiary/aromatic N) is 2. The molecule has 1 aromatic heterocycles. The highest BCUT2D eigenvalue weighted by molar-refractivity contribution is 5.89. The maximum absolute atomic E-state index is 10.8. The van der Waals surface area contributed by atoms with E-state index in [0.717, 1.165) is 19.4 Å². The molecule has 4 N–H and O–H groups in total. The Bertz CT molecular complexity index is 450. The van der Waals surface area contributed by atoms with Gasteiger partial charge in [-0.15, -0.1) is 0 Å². The molecule has 2 rings (SSSR count). The minimum absolute atomic E-state index is 0.0898. The van der Waals surface area contributed by atoms with Gasteiger partial charge in [0.15, 0.2) is 5.82 Å². The van der Waals surface area contributed by atoms with E-state index in [2.05, 4.69) is 4.98 Å². The van der Waals surface area contributed by atoms with Gasteiger partial charge in [-0.05, 0) is 24.8 Å². The third-order valence-corrected chi connectivity index (χ3v) is 3.22. The van der Waals surface area contributed by atoms with Crippen molar-refractivity contribution >= 4 is 17.5 Å². The van der Waals surface area contributed by atoms with E-state index in [-0.39, 0.29) is 18.1 Å². The van der Waals surface area contributed by atoms with Crippen LogP contribution in [-0.4, -0.2) is 40.9 Å². The number of hydrogen-bond donors (Lipinski definition) is 3. The van der Waals surface area contributed by atoms with Crippen molar-refractivity contribution in [1.82, 2.24) is 4.98 Å². The molecule has 98 valence electrons. The Hall–Kier alpha value is -1.82. The molecule has 18 heavy (non-hydrogen) atoms. The van der Waals surface area contributed by atoms with Crippen molar-refractivity contribution in [2.24, 2.45) is 5.92 Å². The molecular weight excluding hydrogens is 234 g/mol. The van der Waals surface area contributed by atoms with E-state index in [9.17, 15) is 9.90 Å². The molecule has 0 radical (unpaired) electrons. The summed E-state index contributed by atoms with van der Waals surface area (Å²) in [4.78, 5) is 16.9. The Morgan fingerprint density at radius 1 is 1.61 bits per heavy atom. The van der Waals surface area contributed by atoms with Gasteiger partial charge >= 0.3 is 5.97 Å². The number of carboxylic acid groups (broad SMARTS) is 1. The third kappa shape index (κ3) is 2.53. The number of aliphatic hydroxyl groups excluding tert-OH is 1. The number of piperidine rings is 1. The number of anilines is 2. The molecule has 2 heterocycles. The largest absolute Gasteiger partial charge is 0.478 e. The Balaban J connectivity index is 2.20. The number of aliphatic hydroxyl groups is 1. The Morgan fingerprint density at radius 3 is 3.00 bits per heavy atom. The summed E-state index contributed by atoms with van der Waals surface area (Å²) >= 11 is 0. The number of nitrogen functional groups attached to an aromatic ring is 1. The first-order valence-electron chi connectivity index (χ1n) is 5.96. The molecule has 1 aliphatic rings. The molecule has 1 saturated heterocycles. The van der Waals surface area contributed by atoms with Crippen LogP contribution in [0.25, 0.3) is 0 Å². The molecule has 0 aliphatic carbocycles. The van der Waals surface area contributed by atoms with Gasteiger partial charge in [0.2, 0.25) is 0 Å². The highest BCUT2D eigenvalue weighted by atomic mass is 16.4. The van der Waals surface area contributed by atoms with Gasteiger partial charge < -0.3 is 20.8 Å². The maximum Gasteiger partial charge on any atom is 0.337 e. The van der Waals surface area contributed by atoms with E-state index >= 15 is 0 Å². The van der Waals surface area contributed by atoms with Gasteiger partial charge in [-0.25, -0.2) is 9.78 Å². The van der Waals surface area contributed by atoms with Gasteiger partial charge in [-0.2, -0.15) is 0 Å². The van der Waals surface area contributed by atoms with Crippen LogP contribution in [0.5, 0.6) is 0 Å². The van der Waals surface area contributed by atoms with Crippen LogP contribution >= 0.6 is 0 Å². The summed E-state index contributed by atoms with van der Waals surface area (Å²) in [5.74, 6) is -0.190. The summed E-state index contributed by atoms with van der Waals surface area (Å²) in [6.07, 6.45) is 3.30. The van der Waals surface area contributed by atoms with Gasteiger partial charge in [0.1, 0.15) is 0 Å². The number of carbonyl (C=O) groups is 1. The van der Waals surface area contributed by atoms with E-state index in [1.165, 1.54) is 12.3 Å². The topological polar surface area (TPSA) is 99.7 Å². The molecule has 6 heteroatoms. The Labute approximate surface area is 105 Å². The molecule has 1 aromatic rings. The van der Waals surface area contributed by atoms with Crippen molar-refractivity contribution < 1.29 is 15.0 Å². The van der Waals surface area contributed by atoms with Crippen LogP contribution < -0.4 is 10.6 Å². The predicted molar refractivity (Wildman–Crippen MR) is 67.6 cm³/mol. The van der Waals surface area contributed by atoms with Crippen LogP contribution in [0.4, 0.5) is 11.5 Å². The van der Waals surface area contributed by atoms with E-state index in [1.807, 2.05) is 4.90 Å². The van der Waals surface area contributed by atoms with Crippen molar-refractivity contribution in [3.63, 3.8) is 0 Å². The van der Waals surface area contributed by atoms with E-state index in [0.29, 0.717) is 18.1 Å². The molecule has 0 saturated carbocycles. The highest BCUT2D eigenvalue weighted by Gasteiger charge is 2.22.